The minimum atomic E-state index is -1.14. The average Bonchev–Trinajstić information content (AvgIpc) is 1.77. The first-order valence-electron chi connectivity index (χ1n) is 35.0. The van der Waals surface area contributed by atoms with E-state index in [1.807, 2.05) is 13.8 Å². The number of nitrogens with two attached hydrogens (primary N) is 1. The Kier molecular flexibility index (Phi) is 35.9. The highest BCUT2D eigenvalue weighted by Gasteiger charge is 2.44. The molecule has 564 valence electrons. The summed E-state index contributed by atoms with van der Waals surface area (Å²) in [6, 6.07) is 3.57. The number of halogens is 2. The summed E-state index contributed by atoms with van der Waals surface area (Å²) in [4.78, 5) is 165. The van der Waals surface area contributed by atoms with E-state index < -0.39 is 143 Å². The maximum absolute atomic E-state index is 14.8. The smallest absolute Gasteiger partial charge is 0.410 e. The number of hydrogen-bond donors (Lipinski definition) is 8. The molecule has 27 nitrogen and oxygen atoms in total. The van der Waals surface area contributed by atoms with Gasteiger partial charge in [-0.25, -0.2) is 18.4 Å². The Morgan fingerprint density at radius 2 is 1.41 bits per heavy atom. The van der Waals surface area contributed by atoms with Gasteiger partial charge < -0.3 is 66.8 Å². The molecule has 0 bridgehead atoms. The summed E-state index contributed by atoms with van der Waals surface area (Å²) < 4.78 is 46.2. The van der Waals surface area contributed by atoms with Crippen molar-refractivity contribution >= 4 is 88.7 Å². The van der Waals surface area contributed by atoms with Crippen LogP contribution in [0.3, 0.4) is 0 Å². The Morgan fingerprint density at radius 3 is 2.00 bits per heavy atom. The van der Waals surface area contributed by atoms with Gasteiger partial charge in [-0.2, -0.15) is 0 Å². The van der Waals surface area contributed by atoms with Crippen LogP contribution in [0.15, 0.2) is 42.5 Å². The zero-order valence-corrected chi connectivity index (χ0v) is 61.7. The number of carboxylic acid groups (broad SMARTS) is 1. The number of thioether (sulfide) groups is 1. The quantitative estimate of drug-likeness (QED) is 0.0268. The van der Waals surface area contributed by atoms with Crippen molar-refractivity contribution in [1.29, 1.82) is 0 Å². The molecular formula is C71H109F2N11O16S. The number of likely N-dealkylation sites (N-methyl/N-ethyl adjacent to an activating group) is 2. The molecule has 30 heteroatoms. The van der Waals surface area contributed by atoms with Crippen LogP contribution < -0.4 is 37.6 Å². The Bertz CT molecular complexity index is 3110. The number of nitrogens with one attached hydrogen (secondary N) is 6. The van der Waals surface area contributed by atoms with Crippen molar-refractivity contribution in [1.82, 2.24) is 46.2 Å². The summed E-state index contributed by atoms with van der Waals surface area (Å²) in [6.07, 6.45) is 1.29. The molecule has 0 spiro atoms. The number of amides is 12. The number of benzene rings is 2. The number of imide groups is 1. The second kappa shape index (κ2) is 42.4. The van der Waals surface area contributed by atoms with E-state index in [1.165, 1.54) is 48.9 Å². The molecule has 0 radical (unpaired) electrons. The molecule has 3 unspecified atom stereocenters. The van der Waals surface area contributed by atoms with Gasteiger partial charge in [0.25, 0.3) is 0 Å². The molecule has 4 rings (SSSR count). The van der Waals surface area contributed by atoms with Crippen LogP contribution in [0.25, 0.3) is 0 Å². The van der Waals surface area contributed by atoms with Gasteiger partial charge >= 0.3 is 18.1 Å². The first-order valence-corrected chi connectivity index (χ1v) is 36.1. The second-order valence-corrected chi connectivity index (χ2v) is 28.5. The lowest BCUT2D eigenvalue weighted by Crippen LogP contribution is -2.60. The van der Waals surface area contributed by atoms with Gasteiger partial charge in [0.1, 0.15) is 42.4 Å². The molecule has 2 fully saturated rings. The first kappa shape index (κ1) is 85.4. The summed E-state index contributed by atoms with van der Waals surface area (Å²) in [7, 11) is 5.95. The van der Waals surface area contributed by atoms with Crippen molar-refractivity contribution in [3.05, 3.63) is 65.2 Å². The zero-order chi connectivity index (χ0) is 75.4. The van der Waals surface area contributed by atoms with Gasteiger partial charge in [-0.1, -0.05) is 93.4 Å². The van der Waals surface area contributed by atoms with Crippen molar-refractivity contribution in [2.75, 3.05) is 65.6 Å². The number of unbranched alkanes of at least 4 members (excludes halogenated alkanes) is 2. The summed E-state index contributed by atoms with van der Waals surface area (Å²) >= 11 is 1.27. The largest absolute Gasteiger partial charge is 0.481 e. The molecule has 0 aliphatic carbocycles. The van der Waals surface area contributed by atoms with Gasteiger partial charge in [0, 0.05) is 85.0 Å². The zero-order valence-electron chi connectivity index (χ0n) is 60.9. The number of urea groups is 1. The Labute approximate surface area is 596 Å². The lowest BCUT2D eigenvalue weighted by atomic mass is 9.89. The summed E-state index contributed by atoms with van der Waals surface area (Å²) in [5.74, 6) is -8.20. The van der Waals surface area contributed by atoms with Gasteiger partial charge in [-0.15, -0.1) is 11.8 Å². The van der Waals surface area contributed by atoms with Crippen LogP contribution in [0.1, 0.15) is 157 Å². The van der Waals surface area contributed by atoms with Crippen LogP contribution in [0.5, 0.6) is 0 Å². The molecule has 2 aliphatic heterocycles. The number of carbonyl (C=O) groups is 12. The standard InChI is InChI=1S/C71H109F2N11O16S/c1-14-44(8)62(53(98-12)38-56(86)83-36-20-25-52(83)63(99-13)45(9)64(90)75-34-32-48-49(72)22-18-23-50(48)73)81(10)69(95)60(42(4)5)80-67(93)61(43(6)7)82(11)71(97)100-40-46-28-30-47(31-29-46)77-65(91)51(24-19-33-76-70(74)96)78-66(92)59(41(2)3)79-55(85)26-16-15-17-35-84-57(87)39-54(68(84)94)101-37-21-27-58(88)89/h18,22-23,28-31,41-45,51-54,59-63H,14-17,19-21,24-27,32-40H2,1-13H3,(H,75,90)(H,77,91)(H,78,92)(H,79,85)(H,80,93)(H,88,89)(H3,74,76,96)/t44-,45+,51?,52-,53+,54?,59-,60-,61-,62?,63+/m0/s1. The van der Waals surface area contributed by atoms with Crippen molar-refractivity contribution in [2.24, 2.45) is 35.3 Å². The van der Waals surface area contributed by atoms with Crippen LogP contribution in [-0.2, 0) is 75.2 Å². The molecule has 0 aromatic heterocycles. The number of carboxylic acids is 1. The number of rotatable bonds is 43. The van der Waals surface area contributed by atoms with Crippen LogP contribution in [-0.4, -0.2) is 210 Å². The fourth-order valence-electron chi connectivity index (χ4n) is 12.7. The SMILES string of the molecule is CC[C@H](C)C([C@@H](CC(=O)N1CCC[C@H]1[C@H](OC)[C@@H](C)C(=O)NCCc1c(F)cccc1F)OC)N(C)C(=O)[C@@H](NC(=O)[C@H](C(C)C)N(C)C(=O)OCc1ccc(NC(=O)C(CCCNC(N)=O)NC(=O)[C@@H](NC(=O)CCCCCN2C(=O)CC(SCCCC(=O)O)C2=O)C(C)C)cc1)C(C)C. The normalized spacial score (nSPS) is 17.2. The third kappa shape index (κ3) is 26.1. The molecule has 0 saturated carbocycles. The van der Waals surface area contributed by atoms with Crippen LogP contribution in [0.4, 0.5) is 24.1 Å². The van der Waals surface area contributed by atoms with Gasteiger partial charge in [-0.3, -0.25) is 57.7 Å². The van der Waals surface area contributed by atoms with Crippen LogP contribution in [0.2, 0.25) is 0 Å². The summed E-state index contributed by atoms with van der Waals surface area (Å²) in [6.45, 7) is 16.5. The Balaban J connectivity index is 1.35. The number of anilines is 1. The molecule has 2 aliphatic rings. The number of carbonyl (C=O) groups excluding carboxylic acids is 11. The highest BCUT2D eigenvalue weighted by molar-refractivity contribution is 8.00. The highest BCUT2D eigenvalue weighted by atomic mass is 32.2. The molecule has 11 atom stereocenters. The lowest BCUT2D eigenvalue weighted by molar-refractivity contribution is -0.148. The molecular weight excluding hydrogens is 1330 g/mol. The average molecular weight is 1440 g/mol. The second-order valence-electron chi connectivity index (χ2n) is 27.1. The van der Waals surface area contributed by atoms with E-state index in [1.54, 1.807) is 84.7 Å². The van der Waals surface area contributed by atoms with Crippen LogP contribution in [0, 0.1) is 41.2 Å². The topological polar surface area (TPSA) is 364 Å². The van der Waals surface area contributed by atoms with Gasteiger partial charge in [0.05, 0.1) is 41.9 Å². The molecule has 12 amide bonds. The number of methoxy groups -OCH3 is 2. The van der Waals surface area contributed by atoms with E-state index in [0.717, 1.165) is 17.0 Å². The van der Waals surface area contributed by atoms with Crippen molar-refractivity contribution in [3.63, 3.8) is 0 Å². The van der Waals surface area contributed by atoms with E-state index in [4.69, 9.17) is 25.1 Å². The van der Waals surface area contributed by atoms with Gasteiger partial charge in [0.2, 0.25) is 53.2 Å². The fraction of sp³-hybridized carbons (Fsp3) is 0.662. The lowest BCUT2D eigenvalue weighted by Gasteiger charge is -2.41. The number of primary amides is 1. The number of likely N-dealkylation sites (tertiary alicyclic amines) is 2. The molecule has 2 saturated heterocycles. The number of nitrogens with zero attached hydrogens (tertiary/aromatic N) is 4. The summed E-state index contributed by atoms with van der Waals surface area (Å²) in [5, 5.41) is 24.8. The van der Waals surface area contributed by atoms with E-state index in [9.17, 15) is 66.3 Å². The predicted molar refractivity (Wildman–Crippen MR) is 376 cm³/mol. The van der Waals surface area contributed by atoms with Crippen LogP contribution >= 0.6 is 11.8 Å². The third-order valence-corrected chi connectivity index (χ3v) is 19.9. The molecule has 2 aromatic rings. The highest BCUT2D eigenvalue weighted by Crippen LogP contribution is 2.31. The molecule has 101 heavy (non-hydrogen) atoms. The van der Waals surface area contributed by atoms with E-state index >= 15 is 0 Å². The monoisotopic (exact) mass is 1440 g/mol. The van der Waals surface area contributed by atoms with E-state index in [2.05, 4.69) is 31.9 Å². The van der Waals surface area contributed by atoms with E-state index in [-0.39, 0.29) is 100 Å². The molecule has 9 N–H and O–H groups in total. The maximum Gasteiger partial charge on any atom is 0.410 e. The minimum Gasteiger partial charge on any atom is -0.481 e. The number of ether oxygens (including phenoxy) is 3. The van der Waals surface area contributed by atoms with E-state index in [0.29, 0.717) is 68.5 Å². The van der Waals surface area contributed by atoms with Crippen molar-refractivity contribution in [2.45, 2.75) is 213 Å². The Hall–Kier alpha value is -7.99. The number of aliphatic carboxylic acids is 1. The molecule has 2 aromatic carbocycles. The van der Waals surface area contributed by atoms with Crippen molar-refractivity contribution < 1.29 is 85.6 Å². The summed E-state index contributed by atoms with van der Waals surface area (Å²) in [5.41, 5.74) is 5.94. The fourth-order valence-corrected chi connectivity index (χ4v) is 13.9. The third-order valence-electron chi connectivity index (χ3n) is 18.6. The maximum atomic E-state index is 14.8. The predicted octanol–water partition coefficient (Wildman–Crippen LogP) is 6.28. The number of hydrogen-bond acceptors (Lipinski definition) is 16. The minimum absolute atomic E-state index is 0.0224. The Morgan fingerprint density at radius 1 is 0.743 bits per heavy atom. The van der Waals surface area contributed by atoms with Gasteiger partial charge in [-0.05, 0) is 111 Å². The first-order chi connectivity index (χ1) is 47.8. The van der Waals surface area contributed by atoms with Gasteiger partial charge in [0.15, 0.2) is 0 Å². The molecule has 2 heterocycles. The van der Waals surface area contributed by atoms with Crippen molar-refractivity contribution in [3.8, 4) is 0 Å².